The molecule has 2 aromatic rings. The van der Waals surface area contributed by atoms with Gasteiger partial charge in [-0.15, -0.1) is 0 Å². The van der Waals surface area contributed by atoms with E-state index in [-0.39, 0.29) is 17.9 Å². The predicted octanol–water partition coefficient (Wildman–Crippen LogP) is 3.90. The van der Waals surface area contributed by atoms with Crippen LogP contribution in [-0.2, 0) is 21.4 Å². The van der Waals surface area contributed by atoms with Crippen molar-refractivity contribution in [1.29, 1.82) is 0 Å². The van der Waals surface area contributed by atoms with Crippen molar-refractivity contribution in [3.63, 3.8) is 0 Å². The molecule has 31 heavy (non-hydrogen) atoms. The van der Waals surface area contributed by atoms with Crippen molar-refractivity contribution in [3.8, 4) is 0 Å². The lowest BCUT2D eigenvalue weighted by Crippen LogP contribution is -2.35. The molecular formula is C26H31NO4. The Hall–Kier alpha value is -2.92. The predicted molar refractivity (Wildman–Crippen MR) is 121 cm³/mol. The van der Waals surface area contributed by atoms with Crippen LogP contribution >= 0.6 is 0 Å². The molecule has 5 nitrogen and oxygen atoms in total. The van der Waals surface area contributed by atoms with E-state index in [1.54, 1.807) is 12.1 Å². The quantitative estimate of drug-likeness (QED) is 0.519. The maximum absolute atomic E-state index is 12.4. The van der Waals surface area contributed by atoms with Gasteiger partial charge in [0.05, 0.1) is 24.8 Å². The smallest absolute Gasteiger partial charge is 0.337 e. The average Bonchev–Trinajstić information content (AvgIpc) is 3.15. The van der Waals surface area contributed by atoms with Crippen LogP contribution in [0, 0.1) is 0 Å². The molecule has 1 saturated heterocycles. The monoisotopic (exact) mass is 421 g/mol. The molecule has 3 rings (SSSR count). The average molecular weight is 422 g/mol. The first-order chi connectivity index (χ1) is 14.8. The largest absolute Gasteiger partial charge is 0.465 e. The Balaban J connectivity index is 1.62. The van der Waals surface area contributed by atoms with Crippen molar-refractivity contribution in [2.45, 2.75) is 50.7 Å². The number of benzene rings is 2. The van der Waals surface area contributed by atoms with Gasteiger partial charge in [0.15, 0.2) is 0 Å². The maximum atomic E-state index is 12.4. The number of amides is 1. The lowest BCUT2D eigenvalue weighted by atomic mass is 9.79. The van der Waals surface area contributed by atoms with Gasteiger partial charge in [-0.05, 0) is 36.1 Å². The summed E-state index contributed by atoms with van der Waals surface area (Å²) in [5.41, 5.74) is 2.22. The molecule has 0 saturated carbocycles. The van der Waals surface area contributed by atoms with Crippen LogP contribution < -0.4 is 0 Å². The first kappa shape index (κ1) is 22.8. The van der Waals surface area contributed by atoms with E-state index in [2.05, 4.69) is 0 Å². The van der Waals surface area contributed by atoms with E-state index in [0.29, 0.717) is 24.9 Å². The van der Waals surface area contributed by atoms with Crippen molar-refractivity contribution in [3.05, 3.63) is 83.4 Å². The minimum absolute atomic E-state index is 0.0111. The summed E-state index contributed by atoms with van der Waals surface area (Å²) in [6.07, 6.45) is 5.13. The first-order valence-electron chi connectivity index (χ1n) is 10.7. The highest BCUT2D eigenvalue weighted by Crippen LogP contribution is 2.29. The number of hydrogen-bond donors (Lipinski definition) is 1. The topological polar surface area (TPSA) is 66.8 Å². The number of aliphatic hydroxyl groups is 1. The molecule has 1 heterocycles. The summed E-state index contributed by atoms with van der Waals surface area (Å²) in [7, 11) is 1.36. The summed E-state index contributed by atoms with van der Waals surface area (Å²) < 4.78 is 4.72. The Morgan fingerprint density at radius 3 is 2.52 bits per heavy atom. The molecule has 2 atom stereocenters. The van der Waals surface area contributed by atoms with Crippen LogP contribution in [0.3, 0.4) is 0 Å². The fraction of sp³-hybridized carbons (Fsp3) is 0.385. The lowest BCUT2D eigenvalue weighted by Gasteiger charge is -2.30. The zero-order chi connectivity index (χ0) is 22.4. The lowest BCUT2D eigenvalue weighted by molar-refractivity contribution is -0.128. The molecule has 1 fully saturated rings. The third-order valence-corrected chi connectivity index (χ3v) is 6.16. The van der Waals surface area contributed by atoms with E-state index in [4.69, 9.17) is 4.74 Å². The fourth-order valence-electron chi connectivity index (χ4n) is 3.93. The summed E-state index contributed by atoms with van der Waals surface area (Å²) in [6.45, 7) is 4.64. The second-order valence-corrected chi connectivity index (χ2v) is 8.55. The highest BCUT2D eigenvalue weighted by atomic mass is 16.5. The van der Waals surface area contributed by atoms with Gasteiger partial charge in [0.1, 0.15) is 0 Å². The van der Waals surface area contributed by atoms with Gasteiger partial charge in [-0.1, -0.05) is 68.5 Å². The van der Waals surface area contributed by atoms with Crippen LogP contribution in [0.2, 0.25) is 0 Å². The van der Waals surface area contributed by atoms with Gasteiger partial charge in [-0.2, -0.15) is 0 Å². The van der Waals surface area contributed by atoms with E-state index in [9.17, 15) is 14.7 Å². The maximum Gasteiger partial charge on any atom is 0.337 e. The molecule has 0 bridgehead atoms. The van der Waals surface area contributed by atoms with Crippen molar-refractivity contribution < 1.29 is 19.4 Å². The van der Waals surface area contributed by atoms with E-state index < -0.39 is 11.5 Å². The van der Waals surface area contributed by atoms with Crippen LogP contribution in [-0.4, -0.2) is 47.7 Å². The van der Waals surface area contributed by atoms with E-state index in [1.165, 1.54) is 7.11 Å². The second kappa shape index (κ2) is 9.92. The number of nitrogens with zero attached hydrogens (tertiary/aromatic N) is 1. The molecule has 0 radical (unpaired) electrons. The molecule has 5 heteroatoms. The SMILES string of the molecule is COC(=O)c1ccc(CCN2C(=O)CCC2C=CC(O)C(C)(C)c2ccccc2)cc1. The molecular weight excluding hydrogens is 390 g/mol. The molecule has 0 aliphatic carbocycles. The minimum Gasteiger partial charge on any atom is -0.465 e. The first-order valence-corrected chi connectivity index (χ1v) is 10.7. The number of carbonyl (C=O) groups excluding carboxylic acids is 2. The van der Waals surface area contributed by atoms with Gasteiger partial charge in [0.2, 0.25) is 5.91 Å². The van der Waals surface area contributed by atoms with Gasteiger partial charge in [0, 0.05) is 18.4 Å². The van der Waals surface area contributed by atoms with Gasteiger partial charge in [-0.3, -0.25) is 4.79 Å². The van der Waals surface area contributed by atoms with Gasteiger partial charge < -0.3 is 14.7 Å². The van der Waals surface area contributed by atoms with Crippen molar-refractivity contribution in [2.75, 3.05) is 13.7 Å². The normalized spacial score (nSPS) is 17.9. The fourth-order valence-corrected chi connectivity index (χ4v) is 3.93. The van der Waals surface area contributed by atoms with Gasteiger partial charge in [-0.25, -0.2) is 4.79 Å². The Morgan fingerprint density at radius 2 is 1.87 bits per heavy atom. The molecule has 1 N–H and O–H groups in total. The Kier molecular flexibility index (Phi) is 7.29. The van der Waals surface area contributed by atoms with E-state index >= 15 is 0 Å². The summed E-state index contributed by atoms with van der Waals surface area (Å²) >= 11 is 0. The third kappa shape index (κ3) is 5.42. The highest BCUT2D eigenvalue weighted by molar-refractivity contribution is 5.89. The minimum atomic E-state index is -0.654. The summed E-state index contributed by atoms with van der Waals surface area (Å²) in [6, 6.07) is 17.2. The Bertz CT molecular complexity index is 918. The molecule has 1 aliphatic rings. The number of carbonyl (C=O) groups is 2. The molecule has 1 amide bonds. The van der Waals surface area contributed by atoms with Crippen LogP contribution in [0.4, 0.5) is 0 Å². The number of aliphatic hydroxyl groups excluding tert-OH is 1. The number of ether oxygens (including phenoxy) is 1. The van der Waals surface area contributed by atoms with Crippen LogP contribution in [0.1, 0.15) is 48.2 Å². The molecule has 1 aliphatic heterocycles. The highest BCUT2D eigenvalue weighted by Gasteiger charge is 2.31. The van der Waals surface area contributed by atoms with Gasteiger partial charge in [0.25, 0.3) is 0 Å². The Labute approximate surface area is 184 Å². The van der Waals surface area contributed by atoms with E-state index in [0.717, 1.165) is 17.5 Å². The van der Waals surface area contributed by atoms with Crippen molar-refractivity contribution in [2.24, 2.45) is 0 Å². The Morgan fingerprint density at radius 1 is 1.19 bits per heavy atom. The number of esters is 1. The number of methoxy groups -OCH3 is 1. The van der Waals surface area contributed by atoms with Crippen molar-refractivity contribution in [1.82, 2.24) is 4.90 Å². The second-order valence-electron chi connectivity index (χ2n) is 8.55. The zero-order valence-electron chi connectivity index (χ0n) is 18.5. The standard InChI is InChI=1S/C26H31NO4/c1-26(2,21-7-5-4-6-8-21)23(28)15-13-22-14-16-24(29)27(22)18-17-19-9-11-20(12-10-19)25(30)31-3/h4-13,15,22-23,28H,14,16-18H2,1-3H3. The third-order valence-electron chi connectivity index (χ3n) is 6.16. The molecule has 0 aromatic heterocycles. The number of rotatable bonds is 8. The molecule has 0 spiro atoms. The van der Waals surface area contributed by atoms with Crippen LogP contribution in [0.25, 0.3) is 0 Å². The van der Waals surface area contributed by atoms with Crippen LogP contribution in [0.5, 0.6) is 0 Å². The molecule has 164 valence electrons. The number of hydrogen-bond acceptors (Lipinski definition) is 4. The molecule has 2 unspecified atom stereocenters. The number of likely N-dealkylation sites (tertiary alicyclic amines) is 1. The van der Waals surface area contributed by atoms with Gasteiger partial charge >= 0.3 is 5.97 Å². The van der Waals surface area contributed by atoms with E-state index in [1.807, 2.05) is 73.4 Å². The van der Waals surface area contributed by atoms with Crippen molar-refractivity contribution >= 4 is 11.9 Å². The molecule has 2 aromatic carbocycles. The summed E-state index contributed by atoms with van der Waals surface area (Å²) in [5.74, 6) is -0.221. The summed E-state index contributed by atoms with van der Waals surface area (Å²) in [5, 5.41) is 10.8. The van der Waals surface area contributed by atoms with Crippen LogP contribution in [0.15, 0.2) is 66.7 Å². The summed E-state index contributed by atoms with van der Waals surface area (Å²) in [4.78, 5) is 25.9. The zero-order valence-corrected chi connectivity index (χ0v) is 18.5.